The van der Waals surface area contributed by atoms with Gasteiger partial charge in [0.15, 0.2) is 12.6 Å². The maximum absolute atomic E-state index is 12.5. The van der Waals surface area contributed by atoms with Crippen LogP contribution in [-0.4, -0.2) is 31.7 Å². The second-order valence-corrected chi connectivity index (χ2v) is 6.36. The molecule has 156 valence electrons. The minimum atomic E-state index is -4.41. The van der Waals surface area contributed by atoms with Gasteiger partial charge in [-0.25, -0.2) is 0 Å². The summed E-state index contributed by atoms with van der Waals surface area (Å²) in [5, 5.41) is 6.14. The first-order valence-corrected chi connectivity index (χ1v) is 8.80. The van der Waals surface area contributed by atoms with Gasteiger partial charge in [0, 0.05) is 31.3 Å². The molecule has 0 radical (unpaired) electrons. The van der Waals surface area contributed by atoms with Crippen molar-refractivity contribution in [3.63, 3.8) is 0 Å². The number of nitrogens with zero attached hydrogens (tertiary/aromatic N) is 1. The van der Waals surface area contributed by atoms with E-state index in [0.29, 0.717) is 23.6 Å². The summed E-state index contributed by atoms with van der Waals surface area (Å²) in [7, 11) is 1.59. The van der Waals surface area contributed by atoms with Crippen molar-refractivity contribution in [2.24, 2.45) is 10.7 Å². The highest BCUT2D eigenvalue weighted by atomic mass is 19.4. The molecule has 0 saturated heterocycles. The molecular formula is C20H23F3N4O2. The van der Waals surface area contributed by atoms with Crippen molar-refractivity contribution in [1.82, 2.24) is 10.6 Å². The quantitative estimate of drug-likeness (QED) is 0.486. The fourth-order valence-electron chi connectivity index (χ4n) is 2.47. The van der Waals surface area contributed by atoms with Crippen LogP contribution in [0.25, 0.3) is 0 Å². The third-order valence-electron chi connectivity index (χ3n) is 3.98. The molecule has 1 amide bonds. The van der Waals surface area contributed by atoms with E-state index in [1.165, 1.54) is 0 Å². The molecule has 6 nitrogen and oxygen atoms in total. The Hall–Kier alpha value is -3.23. The number of carbonyl (C=O) groups is 1. The van der Waals surface area contributed by atoms with Gasteiger partial charge in [-0.05, 0) is 36.2 Å². The minimum Gasteiger partial charge on any atom is -0.484 e. The molecule has 0 aliphatic rings. The number of hydrogen-bond acceptors (Lipinski definition) is 3. The number of primary amides is 1. The molecule has 0 atom stereocenters. The van der Waals surface area contributed by atoms with E-state index < -0.39 is 18.7 Å². The number of guanidine groups is 1. The highest BCUT2D eigenvalue weighted by Crippen LogP contribution is 2.23. The number of rotatable bonds is 7. The summed E-state index contributed by atoms with van der Waals surface area (Å²) < 4.78 is 42.4. The maximum atomic E-state index is 12.5. The van der Waals surface area contributed by atoms with Crippen molar-refractivity contribution < 1.29 is 22.7 Å². The monoisotopic (exact) mass is 408 g/mol. The SMILES string of the molecule is CN=C(NCc1ccc(C(N)=O)cc1)NCc1ccc(C)cc1OCC(F)(F)F. The van der Waals surface area contributed by atoms with Gasteiger partial charge in [0.25, 0.3) is 0 Å². The zero-order chi connectivity index (χ0) is 21.4. The normalized spacial score (nSPS) is 11.8. The lowest BCUT2D eigenvalue weighted by molar-refractivity contribution is -0.153. The van der Waals surface area contributed by atoms with Crippen molar-refractivity contribution in [2.45, 2.75) is 26.2 Å². The Bertz CT molecular complexity index is 865. The average molecular weight is 408 g/mol. The van der Waals surface area contributed by atoms with Crippen LogP contribution in [0.4, 0.5) is 13.2 Å². The Balaban J connectivity index is 1.95. The average Bonchev–Trinajstić information content (AvgIpc) is 2.67. The van der Waals surface area contributed by atoms with Crippen molar-refractivity contribution in [3.05, 3.63) is 64.7 Å². The first-order chi connectivity index (χ1) is 13.7. The Labute approximate surface area is 167 Å². The van der Waals surface area contributed by atoms with Gasteiger partial charge in [0.05, 0.1) is 0 Å². The number of hydrogen-bond donors (Lipinski definition) is 3. The van der Waals surface area contributed by atoms with Gasteiger partial charge in [-0.1, -0.05) is 24.3 Å². The molecular weight excluding hydrogens is 385 g/mol. The summed E-state index contributed by atoms with van der Waals surface area (Å²) in [5.41, 5.74) is 7.91. The van der Waals surface area contributed by atoms with Crippen molar-refractivity contribution in [2.75, 3.05) is 13.7 Å². The molecule has 2 aromatic carbocycles. The molecule has 2 rings (SSSR count). The largest absolute Gasteiger partial charge is 0.484 e. The Morgan fingerprint density at radius 2 is 1.76 bits per heavy atom. The maximum Gasteiger partial charge on any atom is 0.422 e. The molecule has 0 saturated carbocycles. The number of alkyl halides is 3. The highest BCUT2D eigenvalue weighted by molar-refractivity contribution is 5.92. The molecule has 0 aliphatic carbocycles. The van der Waals surface area contributed by atoms with E-state index in [0.717, 1.165) is 11.1 Å². The van der Waals surface area contributed by atoms with E-state index in [4.69, 9.17) is 10.5 Å². The van der Waals surface area contributed by atoms with Crippen LogP contribution in [0.5, 0.6) is 5.75 Å². The first-order valence-electron chi connectivity index (χ1n) is 8.80. The van der Waals surface area contributed by atoms with Gasteiger partial charge in [-0.15, -0.1) is 0 Å². The number of halogens is 3. The third kappa shape index (κ3) is 7.36. The second-order valence-electron chi connectivity index (χ2n) is 6.36. The van der Waals surface area contributed by atoms with Crippen LogP contribution in [0.15, 0.2) is 47.5 Å². The van der Waals surface area contributed by atoms with Crippen LogP contribution < -0.4 is 21.1 Å². The molecule has 0 fully saturated rings. The first kappa shape index (κ1) is 22.1. The fourth-order valence-corrected chi connectivity index (χ4v) is 2.47. The van der Waals surface area contributed by atoms with Gasteiger partial charge in [-0.3, -0.25) is 9.79 Å². The lowest BCUT2D eigenvalue weighted by Crippen LogP contribution is -2.36. The number of nitrogens with one attached hydrogen (secondary N) is 2. The van der Waals surface area contributed by atoms with Crippen molar-refractivity contribution in [1.29, 1.82) is 0 Å². The molecule has 4 N–H and O–H groups in total. The Morgan fingerprint density at radius 1 is 1.10 bits per heavy atom. The van der Waals surface area contributed by atoms with Crippen molar-refractivity contribution >= 4 is 11.9 Å². The van der Waals surface area contributed by atoms with E-state index in [-0.39, 0.29) is 12.3 Å². The van der Waals surface area contributed by atoms with Crippen LogP contribution in [0, 0.1) is 6.92 Å². The van der Waals surface area contributed by atoms with E-state index in [1.807, 2.05) is 0 Å². The van der Waals surface area contributed by atoms with Crippen molar-refractivity contribution in [3.8, 4) is 5.75 Å². The zero-order valence-corrected chi connectivity index (χ0v) is 16.1. The number of carbonyl (C=O) groups excluding carboxylic acids is 1. The van der Waals surface area contributed by atoms with Gasteiger partial charge >= 0.3 is 6.18 Å². The number of benzene rings is 2. The zero-order valence-electron chi connectivity index (χ0n) is 16.1. The highest BCUT2D eigenvalue weighted by Gasteiger charge is 2.28. The smallest absolute Gasteiger partial charge is 0.422 e. The molecule has 0 heterocycles. The van der Waals surface area contributed by atoms with Crippen LogP contribution in [0.3, 0.4) is 0 Å². The lowest BCUT2D eigenvalue weighted by atomic mass is 10.1. The number of nitrogens with two attached hydrogens (primary N) is 1. The lowest BCUT2D eigenvalue weighted by Gasteiger charge is -2.16. The molecule has 0 spiro atoms. The molecule has 9 heteroatoms. The summed E-state index contributed by atoms with van der Waals surface area (Å²) in [6, 6.07) is 11.9. The summed E-state index contributed by atoms with van der Waals surface area (Å²) in [6.45, 7) is 1.09. The molecule has 29 heavy (non-hydrogen) atoms. The fraction of sp³-hybridized carbons (Fsp3) is 0.300. The van der Waals surface area contributed by atoms with E-state index in [1.54, 1.807) is 56.4 Å². The second kappa shape index (κ2) is 9.81. The Kier molecular flexibility index (Phi) is 7.46. The van der Waals surface area contributed by atoms with Gasteiger partial charge < -0.3 is 21.1 Å². The Morgan fingerprint density at radius 3 is 2.34 bits per heavy atom. The minimum absolute atomic E-state index is 0.173. The van der Waals surface area contributed by atoms with Crippen LogP contribution in [0.1, 0.15) is 27.0 Å². The van der Waals surface area contributed by atoms with Crippen LogP contribution >= 0.6 is 0 Å². The van der Waals surface area contributed by atoms with Crippen LogP contribution in [-0.2, 0) is 13.1 Å². The predicted molar refractivity (Wildman–Crippen MR) is 105 cm³/mol. The predicted octanol–water partition coefficient (Wildman–Crippen LogP) is 2.90. The number of aliphatic imine (C=N–C) groups is 1. The molecule has 0 bridgehead atoms. The molecule has 0 aliphatic heterocycles. The van der Waals surface area contributed by atoms with E-state index in [9.17, 15) is 18.0 Å². The van der Waals surface area contributed by atoms with Crippen LogP contribution in [0.2, 0.25) is 0 Å². The number of amides is 1. The van der Waals surface area contributed by atoms with Gasteiger partial charge in [0.1, 0.15) is 5.75 Å². The van der Waals surface area contributed by atoms with Gasteiger partial charge in [-0.2, -0.15) is 13.2 Å². The topological polar surface area (TPSA) is 88.7 Å². The molecule has 2 aromatic rings. The third-order valence-corrected chi connectivity index (χ3v) is 3.98. The van der Waals surface area contributed by atoms with Gasteiger partial charge in [0.2, 0.25) is 5.91 Å². The molecule has 0 aromatic heterocycles. The van der Waals surface area contributed by atoms with E-state index in [2.05, 4.69) is 15.6 Å². The summed E-state index contributed by atoms with van der Waals surface area (Å²) in [5.74, 6) is 0.141. The summed E-state index contributed by atoms with van der Waals surface area (Å²) in [4.78, 5) is 15.2. The summed E-state index contributed by atoms with van der Waals surface area (Å²) >= 11 is 0. The standard InChI is InChI=1S/C20H23F3N4O2/c1-13-3-6-16(17(9-13)29-12-20(21,22)23)11-27-19(25-2)26-10-14-4-7-15(8-5-14)18(24)28/h3-9H,10-12H2,1-2H3,(H2,24,28)(H2,25,26,27). The number of ether oxygens (including phenoxy) is 1. The van der Waals surface area contributed by atoms with E-state index >= 15 is 0 Å². The molecule has 0 unspecified atom stereocenters. The number of aryl methyl sites for hydroxylation is 1. The summed E-state index contributed by atoms with van der Waals surface area (Å²) in [6.07, 6.45) is -4.41.